The smallest absolute Gasteiger partial charge is 0.222 e. The fourth-order valence-corrected chi connectivity index (χ4v) is 2.27. The molecule has 0 atom stereocenters. The molecule has 8 heteroatoms. The number of nitrogens with two attached hydrogens (primary N) is 1. The highest BCUT2D eigenvalue weighted by molar-refractivity contribution is 5.88. The Balaban J connectivity index is 1.99. The lowest BCUT2D eigenvalue weighted by Crippen LogP contribution is -2.05. The van der Waals surface area contributed by atoms with E-state index in [1.165, 1.54) is 20.2 Å². The van der Waals surface area contributed by atoms with Crippen LogP contribution in [0.25, 0.3) is 16.8 Å². The summed E-state index contributed by atoms with van der Waals surface area (Å²) in [5.74, 6) is 0.711. The number of nitrogens with one attached hydrogen (secondary N) is 1. The number of carbonyl (C=O) groups excluding carboxylic acids is 1. The van der Waals surface area contributed by atoms with Gasteiger partial charge in [0.1, 0.15) is 18.6 Å². The molecule has 0 aromatic carbocycles. The zero-order chi connectivity index (χ0) is 17.1. The van der Waals surface area contributed by atoms with E-state index in [0.29, 0.717) is 17.2 Å². The Kier molecular flexibility index (Phi) is 4.11. The summed E-state index contributed by atoms with van der Waals surface area (Å²) < 4.78 is 1.83. The minimum Gasteiger partial charge on any atom is -0.399 e. The van der Waals surface area contributed by atoms with Crippen molar-refractivity contribution in [3.63, 3.8) is 0 Å². The van der Waals surface area contributed by atoms with Crippen molar-refractivity contribution >= 4 is 29.4 Å². The third-order valence-electron chi connectivity index (χ3n) is 3.34. The summed E-state index contributed by atoms with van der Waals surface area (Å²) in [4.78, 5) is 24.3. The largest absolute Gasteiger partial charge is 0.399 e. The van der Waals surface area contributed by atoms with E-state index in [9.17, 15) is 4.79 Å². The van der Waals surface area contributed by atoms with Crippen LogP contribution in [0.4, 0.5) is 11.6 Å². The van der Waals surface area contributed by atoms with Gasteiger partial charge >= 0.3 is 0 Å². The van der Waals surface area contributed by atoms with Gasteiger partial charge in [0.2, 0.25) is 5.91 Å². The van der Waals surface area contributed by atoms with E-state index in [0.717, 1.165) is 16.8 Å². The zero-order valence-electron chi connectivity index (χ0n) is 13.2. The highest BCUT2D eigenvalue weighted by atomic mass is 16.6. The highest BCUT2D eigenvalue weighted by Crippen LogP contribution is 2.23. The number of carbonyl (C=O) groups is 1. The first kappa shape index (κ1) is 15.5. The van der Waals surface area contributed by atoms with Crippen LogP contribution in [-0.2, 0) is 9.63 Å². The summed E-state index contributed by atoms with van der Waals surface area (Å²) in [5, 5.41) is 6.38. The number of anilines is 2. The van der Waals surface area contributed by atoms with Crippen molar-refractivity contribution in [2.24, 2.45) is 5.16 Å². The fourth-order valence-electron chi connectivity index (χ4n) is 2.27. The van der Waals surface area contributed by atoms with Gasteiger partial charge in [-0.15, -0.1) is 0 Å². The van der Waals surface area contributed by atoms with Gasteiger partial charge in [-0.05, 0) is 18.2 Å². The second-order valence-corrected chi connectivity index (χ2v) is 5.11. The third-order valence-corrected chi connectivity index (χ3v) is 3.34. The van der Waals surface area contributed by atoms with Crippen LogP contribution >= 0.6 is 0 Å². The molecular weight excluding hydrogens is 308 g/mol. The van der Waals surface area contributed by atoms with E-state index in [1.807, 2.05) is 28.8 Å². The van der Waals surface area contributed by atoms with Crippen molar-refractivity contribution in [2.75, 3.05) is 18.2 Å². The highest BCUT2D eigenvalue weighted by Gasteiger charge is 2.07. The third kappa shape index (κ3) is 3.17. The lowest BCUT2D eigenvalue weighted by molar-refractivity contribution is -0.114. The molecule has 0 saturated carbocycles. The van der Waals surface area contributed by atoms with E-state index in [2.05, 4.69) is 25.3 Å². The maximum Gasteiger partial charge on any atom is 0.222 e. The van der Waals surface area contributed by atoms with Gasteiger partial charge in [-0.3, -0.25) is 4.79 Å². The number of fused-ring (bicyclic) bond motifs is 1. The summed E-state index contributed by atoms with van der Waals surface area (Å²) in [6.45, 7) is 1.44. The van der Waals surface area contributed by atoms with Gasteiger partial charge in [-0.25, -0.2) is 9.97 Å². The number of hydrogen-bond donors (Lipinski definition) is 2. The van der Waals surface area contributed by atoms with Crippen LogP contribution in [-0.4, -0.2) is 33.6 Å². The number of imidazole rings is 1. The van der Waals surface area contributed by atoms with Gasteiger partial charge in [-0.2, -0.15) is 0 Å². The van der Waals surface area contributed by atoms with Crippen molar-refractivity contribution in [3.8, 4) is 11.1 Å². The second kappa shape index (κ2) is 6.37. The van der Waals surface area contributed by atoms with Crippen LogP contribution in [0.2, 0.25) is 0 Å². The van der Waals surface area contributed by atoms with Crippen molar-refractivity contribution in [3.05, 3.63) is 42.4 Å². The number of hydrogen-bond acceptors (Lipinski definition) is 6. The Labute approximate surface area is 138 Å². The van der Waals surface area contributed by atoms with E-state index >= 15 is 0 Å². The van der Waals surface area contributed by atoms with Gasteiger partial charge in [-0.1, -0.05) is 5.16 Å². The van der Waals surface area contributed by atoms with Crippen molar-refractivity contribution < 1.29 is 9.63 Å². The molecule has 0 fully saturated rings. The first-order valence-corrected chi connectivity index (χ1v) is 7.15. The maximum atomic E-state index is 11.1. The SMILES string of the molecule is CON=Cc1cc(-c2ccc3nc(NC(C)=O)cn3c2)cnc1N. The minimum atomic E-state index is -0.163. The molecule has 8 nitrogen and oxygen atoms in total. The van der Waals surface area contributed by atoms with Crippen molar-refractivity contribution in [2.45, 2.75) is 6.92 Å². The van der Waals surface area contributed by atoms with Crippen LogP contribution in [0.5, 0.6) is 0 Å². The monoisotopic (exact) mass is 324 g/mol. The minimum absolute atomic E-state index is 0.163. The molecule has 0 unspecified atom stereocenters. The summed E-state index contributed by atoms with van der Waals surface area (Å²) in [5.41, 5.74) is 9.03. The summed E-state index contributed by atoms with van der Waals surface area (Å²) in [6.07, 6.45) is 6.85. The number of oxime groups is 1. The molecule has 1 amide bonds. The standard InChI is InChI=1S/C16H16N6O2/c1-10(23)20-14-9-22-8-11(3-4-15(22)21-14)12-5-13(7-19-24-2)16(17)18-6-12/h3-9H,1-2H3,(H2,17,18)(H,20,23). The fraction of sp³-hybridized carbons (Fsp3) is 0.125. The number of nitrogen functional groups attached to an aromatic ring is 1. The quantitative estimate of drug-likeness (QED) is 0.563. The molecule has 0 bridgehead atoms. The lowest BCUT2D eigenvalue weighted by Gasteiger charge is -2.05. The van der Waals surface area contributed by atoms with Crippen LogP contribution in [0.15, 0.2) is 41.9 Å². The van der Waals surface area contributed by atoms with E-state index in [4.69, 9.17) is 5.73 Å². The molecule has 0 aliphatic rings. The van der Waals surface area contributed by atoms with Crippen LogP contribution in [0, 0.1) is 0 Å². The average molecular weight is 324 g/mol. The Morgan fingerprint density at radius 3 is 2.96 bits per heavy atom. The molecule has 3 N–H and O–H groups in total. The van der Waals surface area contributed by atoms with Gasteiger partial charge in [0, 0.05) is 36.0 Å². The molecule has 3 aromatic heterocycles. The second-order valence-electron chi connectivity index (χ2n) is 5.11. The topological polar surface area (TPSA) is 107 Å². The Bertz CT molecular complexity index is 931. The number of nitrogens with zero attached hydrogens (tertiary/aromatic N) is 4. The number of pyridine rings is 2. The van der Waals surface area contributed by atoms with Gasteiger partial charge in [0.05, 0.1) is 12.4 Å². The molecule has 122 valence electrons. The molecule has 24 heavy (non-hydrogen) atoms. The molecule has 0 radical (unpaired) electrons. The van der Waals surface area contributed by atoms with Crippen LogP contribution in [0.1, 0.15) is 12.5 Å². The van der Waals surface area contributed by atoms with Gasteiger partial charge in [0.15, 0.2) is 5.82 Å². The van der Waals surface area contributed by atoms with E-state index in [-0.39, 0.29) is 5.91 Å². The number of rotatable bonds is 4. The molecular formula is C16H16N6O2. The summed E-state index contributed by atoms with van der Waals surface area (Å²) >= 11 is 0. The van der Waals surface area contributed by atoms with E-state index in [1.54, 1.807) is 12.4 Å². The predicted octanol–water partition coefficient (Wildman–Crippen LogP) is 1.92. The first-order valence-electron chi connectivity index (χ1n) is 7.15. The normalized spacial score (nSPS) is 11.1. The Hall–Kier alpha value is -3.42. The number of amides is 1. The molecule has 0 spiro atoms. The van der Waals surface area contributed by atoms with Crippen LogP contribution < -0.4 is 11.1 Å². The van der Waals surface area contributed by atoms with Crippen molar-refractivity contribution in [1.82, 2.24) is 14.4 Å². The molecule has 3 heterocycles. The number of aromatic nitrogens is 3. The maximum absolute atomic E-state index is 11.1. The van der Waals surface area contributed by atoms with Gasteiger partial charge in [0.25, 0.3) is 0 Å². The Morgan fingerprint density at radius 2 is 2.21 bits per heavy atom. The Morgan fingerprint density at radius 1 is 1.38 bits per heavy atom. The molecule has 0 aliphatic carbocycles. The molecule has 0 saturated heterocycles. The first-order chi connectivity index (χ1) is 11.6. The molecule has 0 aliphatic heterocycles. The predicted molar refractivity (Wildman–Crippen MR) is 91.7 cm³/mol. The van der Waals surface area contributed by atoms with Crippen LogP contribution in [0.3, 0.4) is 0 Å². The molecule has 3 aromatic rings. The summed E-state index contributed by atoms with van der Waals surface area (Å²) in [7, 11) is 1.46. The van der Waals surface area contributed by atoms with Gasteiger partial charge < -0.3 is 20.3 Å². The lowest BCUT2D eigenvalue weighted by atomic mass is 10.1. The average Bonchev–Trinajstić information content (AvgIpc) is 2.94. The van der Waals surface area contributed by atoms with Crippen molar-refractivity contribution in [1.29, 1.82) is 0 Å². The van der Waals surface area contributed by atoms with E-state index < -0.39 is 0 Å². The molecule has 3 rings (SSSR count). The zero-order valence-corrected chi connectivity index (χ0v) is 13.2. The summed E-state index contributed by atoms with van der Waals surface area (Å²) in [6, 6.07) is 5.65.